The van der Waals surface area contributed by atoms with E-state index < -0.39 is 0 Å². The summed E-state index contributed by atoms with van der Waals surface area (Å²) in [6.45, 7) is 7.68. The maximum Gasteiger partial charge on any atom is 0.0389 e. The lowest BCUT2D eigenvalue weighted by atomic mass is 10.1. The molecule has 1 saturated heterocycles. The van der Waals surface area contributed by atoms with Crippen LogP contribution in [0.3, 0.4) is 0 Å². The molecule has 0 amide bonds. The third-order valence-corrected chi connectivity index (χ3v) is 4.48. The maximum atomic E-state index is 5.87. The molecule has 1 heterocycles. The monoisotopic (exact) mass is 325 g/mol. The smallest absolute Gasteiger partial charge is 0.0389 e. The molecule has 2 unspecified atom stereocenters. The van der Waals surface area contributed by atoms with E-state index >= 15 is 0 Å². The average Bonchev–Trinajstić information content (AvgIpc) is 2.31. The Morgan fingerprint density at radius 3 is 2.74 bits per heavy atom. The van der Waals surface area contributed by atoms with Gasteiger partial charge in [-0.3, -0.25) is 0 Å². The molecule has 2 N–H and O–H groups in total. The summed E-state index contributed by atoms with van der Waals surface area (Å²) in [5.41, 5.74) is 8.47. The molecule has 2 rings (SSSR count). The second kappa shape index (κ2) is 6.25. The van der Waals surface area contributed by atoms with Crippen LogP contribution in [0, 0.1) is 0 Å². The van der Waals surface area contributed by atoms with E-state index in [1.54, 1.807) is 0 Å². The van der Waals surface area contributed by atoms with E-state index in [0.29, 0.717) is 6.04 Å². The van der Waals surface area contributed by atoms with Crippen molar-refractivity contribution in [3.8, 4) is 0 Å². The summed E-state index contributed by atoms with van der Waals surface area (Å²) in [7, 11) is 2.19. The van der Waals surface area contributed by atoms with Crippen molar-refractivity contribution in [3.63, 3.8) is 0 Å². The Balaban J connectivity index is 2.15. The fraction of sp³-hybridized carbons (Fsp3) is 0.600. The molecule has 0 bridgehead atoms. The number of nitrogens with two attached hydrogens (primary N) is 1. The molecule has 1 fully saturated rings. The van der Waals surface area contributed by atoms with E-state index in [9.17, 15) is 0 Å². The van der Waals surface area contributed by atoms with Crippen molar-refractivity contribution in [1.29, 1.82) is 0 Å². The second-order valence-corrected chi connectivity index (χ2v) is 6.62. The lowest BCUT2D eigenvalue weighted by Gasteiger charge is -2.40. The predicted octanol–water partition coefficient (Wildman–Crippen LogP) is 2.48. The van der Waals surface area contributed by atoms with Gasteiger partial charge < -0.3 is 15.5 Å². The van der Waals surface area contributed by atoms with Gasteiger partial charge in [-0.15, -0.1) is 0 Å². The Hall–Kier alpha value is -0.580. The van der Waals surface area contributed by atoms with E-state index in [-0.39, 0.29) is 6.04 Å². The third-order valence-electron chi connectivity index (χ3n) is 3.74. The largest absolute Gasteiger partial charge is 0.366 e. The minimum Gasteiger partial charge on any atom is -0.366 e. The van der Waals surface area contributed by atoms with Crippen LogP contribution in [0.2, 0.25) is 0 Å². The van der Waals surface area contributed by atoms with Gasteiger partial charge in [0.05, 0.1) is 0 Å². The second-order valence-electron chi connectivity index (χ2n) is 5.76. The summed E-state index contributed by atoms with van der Waals surface area (Å²) >= 11 is 3.68. The summed E-state index contributed by atoms with van der Waals surface area (Å²) in [6.07, 6.45) is 0.916. The number of rotatable bonds is 3. The van der Waals surface area contributed by atoms with Crippen molar-refractivity contribution >= 4 is 21.6 Å². The van der Waals surface area contributed by atoms with Crippen LogP contribution in [0.15, 0.2) is 22.7 Å². The van der Waals surface area contributed by atoms with Gasteiger partial charge in [0.25, 0.3) is 0 Å². The highest BCUT2D eigenvalue weighted by Crippen LogP contribution is 2.27. The Morgan fingerprint density at radius 2 is 2.16 bits per heavy atom. The number of anilines is 1. The zero-order valence-corrected chi connectivity index (χ0v) is 13.7. The van der Waals surface area contributed by atoms with Crippen LogP contribution in [0.25, 0.3) is 0 Å². The summed E-state index contributed by atoms with van der Waals surface area (Å²) in [5, 5.41) is 0. The van der Waals surface area contributed by atoms with Crippen LogP contribution in [-0.4, -0.2) is 43.7 Å². The van der Waals surface area contributed by atoms with Gasteiger partial charge in [0.2, 0.25) is 0 Å². The van der Waals surface area contributed by atoms with Crippen LogP contribution >= 0.6 is 15.9 Å². The molecular weight excluding hydrogens is 302 g/mol. The SMILES string of the molecule is CC(N)Cc1ccc(N2CCN(C)CC2C)cc1Br. The molecule has 2 atom stereocenters. The Kier molecular flexibility index (Phi) is 4.87. The first-order valence-corrected chi connectivity index (χ1v) is 7.76. The van der Waals surface area contributed by atoms with Gasteiger partial charge in [-0.2, -0.15) is 0 Å². The van der Waals surface area contributed by atoms with Crippen molar-refractivity contribution < 1.29 is 0 Å². The number of benzene rings is 1. The van der Waals surface area contributed by atoms with Crippen molar-refractivity contribution in [1.82, 2.24) is 4.90 Å². The van der Waals surface area contributed by atoms with Gasteiger partial charge in [0.15, 0.2) is 0 Å². The van der Waals surface area contributed by atoms with Crippen LogP contribution in [0.4, 0.5) is 5.69 Å². The minimum atomic E-state index is 0.199. The fourth-order valence-corrected chi connectivity index (χ4v) is 3.28. The minimum absolute atomic E-state index is 0.199. The Morgan fingerprint density at radius 1 is 1.42 bits per heavy atom. The van der Waals surface area contributed by atoms with E-state index in [1.165, 1.54) is 15.7 Å². The molecule has 3 nitrogen and oxygen atoms in total. The van der Waals surface area contributed by atoms with E-state index in [4.69, 9.17) is 5.73 Å². The van der Waals surface area contributed by atoms with Crippen molar-refractivity contribution in [2.24, 2.45) is 5.73 Å². The molecule has 4 heteroatoms. The Bertz CT molecular complexity index is 433. The van der Waals surface area contributed by atoms with Crippen molar-refractivity contribution in [2.75, 3.05) is 31.6 Å². The first kappa shape index (κ1) is 14.8. The standard InChI is InChI=1S/C15H24BrN3/c1-11(17)8-13-4-5-14(9-15(13)16)19-7-6-18(3)10-12(19)2/h4-5,9,11-12H,6-8,10,17H2,1-3H3. The van der Waals surface area contributed by atoms with Gasteiger partial charge in [0.1, 0.15) is 0 Å². The summed E-state index contributed by atoms with van der Waals surface area (Å²) in [4.78, 5) is 4.88. The highest BCUT2D eigenvalue weighted by molar-refractivity contribution is 9.10. The lowest BCUT2D eigenvalue weighted by molar-refractivity contribution is 0.275. The normalized spacial score (nSPS) is 22.6. The van der Waals surface area contributed by atoms with Gasteiger partial charge in [-0.05, 0) is 45.0 Å². The van der Waals surface area contributed by atoms with Crippen molar-refractivity contribution in [2.45, 2.75) is 32.4 Å². The Labute approximate surface area is 124 Å². The van der Waals surface area contributed by atoms with E-state index in [2.05, 4.69) is 57.9 Å². The molecule has 0 aromatic heterocycles. The maximum absolute atomic E-state index is 5.87. The number of piperazine rings is 1. The van der Waals surface area contributed by atoms with Gasteiger partial charge in [-0.25, -0.2) is 0 Å². The molecule has 0 spiro atoms. The molecule has 1 aliphatic rings. The zero-order valence-electron chi connectivity index (χ0n) is 12.1. The first-order valence-electron chi connectivity index (χ1n) is 6.96. The molecule has 0 radical (unpaired) electrons. The predicted molar refractivity (Wildman–Crippen MR) is 85.8 cm³/mol. The van der Waals surface area contributed by atoms with Gasteiger partial charge >= 0.3 is 0 Å². The molecule has 1 aliphatic heterocycles. The number of likely N-dealkylation sites (N-methyl/N-ethyl adjacent to an activating group) is 1. The molecule has 1 aromatic rings. The molecule has 1 aromatic carbocycles. The number of hydrogen-bond acceptors (Lipinski definition) is 3. The topological polar surface area (TPSA) is 32.5 Å². The van der Waals surface area contributed by atoms with Crippen LogP contribution in [0.1, 0.15) is 19.4 Å². The number of nitrogens with zero attached hydrogens (tertiary/aromatic N) is 2. The molecule has 19 heavy (non-hydrogen) atoms. The summed E-state index contributed by atoms with van der Waals surface area (Å²) in [6, 6.07) is 7.42. The number of hydrogen-bond donors (Lipinski definition) is 1. The van der Waals surface area contributed by atoms with Crippen LogP contribution < -0.4 is 10.6 Å². The van der Waals surface area contributed by atoms with E-state index in [0.717, 1.165) is 26.1 Å². The highest BCUT2D eigenvalue weighted by Gasteiger charge is 2.22. The quantitative estimate of drug-likeness (QED) is 0.926. The zero-order chi connectivity index (χ0) is 14.0. The lowest BCUT2D eigenvalue weighted by Crippen LogP contribution is -2.50. The van der Waals surface area contributed by atoms with Crippen molar-refractivity contribution in [3.05, 3.63) is 28.2 Å². The fourth-order valence-electron chi connectivity index (χ4n) is 2.75. The van der Waals surface area contributed by atoms with E-state index in [1.807, 2.05) is 6.92 Å². The molecular formula is C15H24BrN3. The van der Waals surface area contributed by atoms with Crippen LogP contribution in [-0.2, 0) is 6.42 Å². The molecule has 106 valence electrons. The molecule has 0 aliphatic carbocycles. The van der Waals surface area contributed by atoms with Gasteiger partial charge in [-0.1, -0.05) is 22.0 Å². The summed E-state index contributed by atoms with van der Waals surface area (Å²) < 4.78 is 1.17. The summed E-state index contributed by atoms with van der Waals surface area (Å²) in [5.74, 6) is 0. The molecule has 0 saturated carbocycles. The average molecular weight is 326 g/mol. The van der Waals surface area contributed by atoms with Gasteiger partial charge in [0, 0.05) is 41.9 Å². The number of halogens is 1. The highest BCUT2D eigenvalue weighted by atomic mass is 79.9. The third kappa shape index (κ3) is 3.71. The van der Waals surface area contributed by atoms with Crippen LogP contribution in [0.5, 0.6) is 0 Å². The first-order chi connectivity index (χ1) is 8.97.